The first-order valence-electron chi connectivity index (χ1n) is 6.06. The van der Waals surface area contributed by atoms with E-state index in [-0.39, 0.29) is 0 Å². The Morgan fingerprint density at radius 3 is 2.88 bits per heavy atom. The number of aromatic nitrogens is 3. The normalized spacial score (nSPS) is 10.9. The number of nitrogens with one attached hydrogen (secondary N) is 1. The number of nitrogens with zero attached hydrogens (tertiary/aromatic N) is 3. The van der Waals surface area contributed by atoms with Crippen LogP contribution in [0.5, 0.6) is 0 Å². The van der Waals surface area contributed by atoms with Gasteiger partial charge in [0.25, 0.3) is 0 Å². The molecule has 5 heteroatoms. The lowest BCUT2D eigenvalue weighted by atomic mass is 10.2. The Morgan fingerprint density at radius 1 is 1.31 bits per heavy atom. The molecule has 2 N–H and O–H groups in total. The predicted molar refractivity (Wildman–Crippen MR) is 63.0 cm³/mol. The van der Waals surface area contributed by atoms with Crippen molar-refractivity contribution in [3.8, 4) is 0 Å². The molecule has 0 spiro atoms. The summed E-state index contributed by atoms with van der Waals surface area (Å²) < 4.78 is 2.04. The van der Waals surface area contributed by atoms with E-state index in [0.29, 0.717) is 6.61 Å². The average molecular weight is 226 g/mol. The van der Waals surface area contributed by atoms with Crippen molar-refractivity contribution >= 4 is 0 Å². The highest BCUT2D eigenvalue weighted by Gasteiger charge is 2.00. The van der Waals surface area contributed by atoms with Gasteiger partial charge in [0.05, 0.1) is 6.54 Å². The first kappa shape index (κ1) is 13.1. The van der Waals surface area contributed by atoms with E-state index in [0.717, 1.165) is 44.7 Å². The zero-order chi connectivity index (χ0) is 11.6. The van der Waals surface area contributed by atoms with Gasteiger partial charge in [-0.3, -0.25) is 0 Å². The van der Waals surface area contributed by atoms with E-state index in [2.05, 4.69) is 22.4 Å². The Labute approximate surface area is 96.9 Å². The second kappa shape index (κ2) is 8.24. The molecule has 0 aliphatic rings. The van der Waals surface area contributed by atoms with Crippen molar-refractivity contribution in [1.82, 2.24) is 20.1 Å². The topological polar surface area (TPSA) is 63.0 Å². The third kappa shape index (κ3) is 4.72. The smallest absolute Gasteiger partial charge is 0.146 e. The minimum atomic E-state index is 0.313. The minimum Gasteiger partial charge on any atom is -0.396 e. The molecule has 16 heavy (non-hydrogen) atoms. The van der Waals surface area contributed by atoms with Crippen molar-refractivity contribution in [2.24, 2.45) is 0 Å². The summed E-state index contributed by atoms with van der Waals surface area (Å²) in [5.41, 5.74) is 0. The molecule has 1 heterocycles. The Morgan fingerprint density at radius 2 is 2.12 bits per heavy atom. The summed E-state index contributed by atoms with van der Waals surface area (Å²) in [6.07, 6.45) is 6.13. The first-order valence-corrected chi connectivity index (χ1v) is 6.06. The number of aliphatic hydroxyl groups is 1. The van der Waals surface area contributed by atoms with Crippen LogP contribution in [0, 0.1) is 0 Å². The predicted octanol–water partition coefficient (Wildman–Crippen LogP) is 0.940. The van der Waals surface area contributed by atoms with Crippen molar-refractivity contribution in [3.05, 3.63) is 12.2 Å². The number of hydrogen-bond donors (Lipinski definition) is 2. The van der Waals surface area contributed by atoms with E-state index < -0.39 is 0 Å². The largest absolute Gasteiger partial charge is 0.396 e. The van der Waals surface area contributed by atoms with Crippen LogP contribution in [0.25, 0.3) is 0 Å². The summed E-state index contributed by atoms with van der Waals surface area (Å²) in [6, 6.07) is 0. The lowest BCUT2D eigenvalue weighted by Crippen LogP contribution is -2.18. The number of hydrogen-bond acceptors (Lipinski definition) is 4. The van der Waals surface area contributed by atoms with Crippen LogP contribution in [0.3, 0.4) is 0 Å². The fraction of sp³-hybridized carbons (Fsp3) is 0.818. The molecule has 1 rings (SSSR count). The van der Waals surface area contributed by atoms with E-state index in [1.165, 1.54) is 6.42 Å². The average Bonchev–Trinajstić information content (AvgIpc) is 2.75. The molecule has 0 fully saturated rings. The Bertz CT molecular complexity index is 275. The standard InChI is InChI=1S/C11H22N4O/c1-2-15-10-13-14-11(15)9-12-7-5-3-4-6-8-16/h10,12,16H,2-9H2,1H3. The third-order valence-corrected chi connectivity index (χ3v) is 2.58. The molecule has 0 amide bonds. The number of rotatable bonds is 9. The number of aryl methyl sites for hydroxylation is 1. The molecule has 1 aromatic rings. The van der Waals surface area contributed by atoms with Gasteiger partial charge in [0.1, 0.15) is 12.2 Å². The third-order valence-electron chi connectivity index (χ3n) is 2.58. The summed E-state index contributed by atoms with van der Waals surface area (Å²) in [4.78, 5) is 0. The SMILES string of the molecule is CCn1cnnc1CNCCCCCCO. The molecule has 0 saturated carbocycles. The summed E-state index contributed by atoms with van der Waals surface area (Å²) in [6.45, 7) is 5.10. The van der Waals surface area contributed by atoms with Crippen LogP contribution in [0.15, 0.2) is 6.33 Å². The molecule has 0 radical (unpaired) electrons. The highest BCUT2D eigenvalue weighted by Crippen LogP contribution is 1.98. The van der Waals surface area contributed by atoms with Crippen molar-refractivity contribution in [1.29, 1.82) is 0 Å². The molecule has 0 atom stereocenters. The maximum Gasteiger partial charge on any atom is 0.146 e. The second-order valence-electron chi connectivity index (χ2n) is 3.85. The lowest BCUT2D eigenvalue weighted by Gasteiger charge is -2.05. The van der Waals surface area contributed by atoms with Gasteiger partial charge < -0.3 is 15.0 Å². The molecule has 0 aromatic carbocycles. The maximum atomic E-state index is 8.62. The highest BCUT2D eigenvalue weighted by atomic mass is 16.2. The zero-order valence-corrected chi connectivity index (χ0v) is 10.0. The molecule has 0 aliphatic carbocycles. The molecule has 0 aliphatic heterocycles. The fourth-order valence-corrected chi connectivity index (χ4v) is 1.60. The van der Waals surface area contributed by atoms with Gasteiger partial charge in [0.2, 0.25) is 0 Å². The van der Waals surface area contributed by atoms with Gasteiger partial charge in [-0.1, -0.05) is 12.8 Å². The van der Waals surface area contributed by atoms with Crippen LogP contribution in [0.4, 0.5) is 0 Å². The summed E-state index contributed by atoms with van der Waals surface area (Å²) in [5, 5.41) is 19.9. The van der Waals surface area contributed by atoms with Gasteiger partial charge >= 0.3 is 0 Å². The molecule has 0 saturated heterocycles. The van der Waals surface area contributed by atoms with Crippen LogP contribution < -0.4 is 5.32 Å². The monoisotopic (exact) mass is 226 g/mol. The van der Waals surface area contributed by atoms with E-state index in [9.17, 15) is 0 Å². The lowest BCUT2D eigenvalue weighted by molar-refractivity contribution is 0.282. The molecule has 0 unspecified atom stereocenters. The van der Waals surface area contributed by atoms with Crippen molar-refractivity contribution in [2.75, 3.05) is 13.2 Å². The van der Waals surface area contributed by atoms with Crippen LogP contribution in [0.1, 0.15) is 38.4 Å². The van der Waals surface area contributed by atoms with E-state index >= 15 is 0 Å². The van der Waals surface area contributed by atoms with Crippen LogP contribution in [-0.2, 0) is 13.1 Å². The van der Waals surface area contributed by atoms with Crippen LogP contribution in [-0.4, -0.2) is 33.0 Å². The van der Waals surface area contributed by atoms with Crippen molar-refractivity contribution < 1.29 is 5.11 Å². The molecule has 1 aromatic heterocycles. The molecule has 5 nitrogen and oxygen atoms in total. The molecular formula is C11H22N4O. The van der Waals surface area contributed by atoms with E-state index in [4.69, 9.17) is 5.11 Å². The van der Waals surface area contributed by atoms with E-state index in [1.807, 2.05) is 4.57 Å². The minimum absolute atomic E-state index is 0.313. The van der Waals surface area contributed by atoms with E-state index in [1.54, 1.807) is 6.33 Å². The number of unbranched alkanes of at least 4 members (excludes halogenated alkanes) is 3. The van der Waals surface area contributed by atoms with Gasteiger partial charge in [-0.05, 0) is 26.3 Å². The summed E-state index contributed by atoms with van der Waals surface area (Å²) in [5.74, 6) is 0.998. The molecule has 92 valence electrons. The van der Waals surface area contributed by atoms with Crippen molar-refractivity contribution in [3.63, 3.8) is 0 Å². The van der Waals surface area contributed by atoms with Gasteiger partial charge in [0, 0.05) is 13.2 Å². The van der Waals surface area contributed by atoms with Crippen LogP contribution in [0.2, 0.25) is 0 Å². The first-order chi connectivity index (χ1) is 7.88. The quantitative estimate of drug-likeness (QED) is 0.615. The Kier molecular flexibility index (Phi) is 6.76. The molecule has 0 bridgehead atoms. The molecular weight excluding hydrogens is 204 g/mol. The summed E-state index contributed by atoms with van der Waals surface area (Å²) >= 11 is 0. The fourth-order valence-electron chi connectivity index (χ4n) is 1.60. The van der Waals surface area contributed by atoms with Gasteiger partial charge in [-0.15, -0.1) is 10.2 Å². The van der Waals surface area contributed by atoms with Gasteiger partial charge in [0.15, 0.2) is 0 Å². The zero-order valence-electron chi connectivity index (χ0n) is 10.0. The van der Waals surface area contributed by atoms with Crippen LogP contribution >= 0.6 is 0 Å². The highest BCUT2D eigenvalue weighted by molar-refractivity contribution is 4.84. The summed E-state index contributed by atoms with van der Waals surface area (Å²) in [7, 11) is 0. The van der Waals surface area contributed by atoms with Gasteiger partial charge in [-0.25, -0.2) is 0 Å². The Balaban J connectivity index is 2.03. The second-order valence-corrected chi connectivity index (χ2v) is 3.85. The Hall–Kier alpha value is -0.940. The van der Waals surface area contributed by atoms with Crippen molar-refractivity contribution in [2.45, 2.75) is 45.7 Å². The van der Waals surface area contributed by atoms with Gasteiger partial charge in [-0.2, -0.15) is 0 Å². The maximum absolute atomic E-state index is 8.62. The number of aliphatic hydroxyl groups excluding tert-OH is 1.